The topological polar surface area (TPSA) is 79.5 Å². The molecule has 37 heavy (non-hydrogen) atoms. The zero-order valence-electron chi connectivity index (χ0n) is 20.7. The highest BCUT2D eigenvalue weighted by Gasteiger charge is 2.46. The van der Waals surface area contributed by atoms with Crippen molar-refractivity contribution in [2.45, 2.75) is 32.1 Å². The number of halogens is 1. The van der Waals surface area contributed by atoms with Crippen LogP contribution in [0.3, 0.4) is 0 Å². The Balaban J connectivity index is 1.77. The van der Waals surface area contributed by atoms with Crippen LogP contribution in [-0.4, -0.2) is 20.7 Å². The number of hydrogen-bond donors (Lipinski definition) is 0. The third-order valence-corrected chi connectivity index (χ3v) is 7.69. The van der Waals surface area contributed by atoms with Crippen LogP contribution in [0.1, 0.15) is 42.6 Å². The monoisotopic (exact) mass is 490 g/mol. The number of ketones is 1. The standard InChI is InChI=1S/C31H27FN4O/c1-4-8-23(19(3)32)28-25-12-11-22-18(2)30(37)21(16-33)15-26(22)29(25)36-31(35-28)24-13-14-34-17-27(24)20-9-6-5-7-10-20/h4-10,13-14,17-18,21-22,26H,1,3,11-12,15H2,2H3/b23-8+. The normalized spacial score (nSPS) is 22.9. The third kappa shape index (κ3) is 4.31. The molecule has 1 saturated carbocycles. The molecule has 0 spiro atoms. The van der Waals surface area contributed by atoms with E-state index in [0.717, 1.165) is 34.4 Å². The van der Waals surface area contributed by atoms with Crippen LogP contribution < -0.4 is 0 Å². The van der Waals surface area contributed by atoms with Crippen molar-refractivity contribution in [3.05, 3.63) is 96.9 Å². The number of carbonyl (C=O) groups excluding carboxylic acids is 1. The molecular weight excluding hydrogens is 463 g/mol. The molecular formula is C31H27FN4O. The first-order valence-electron chi connectivity index (χ1n) is 12.5. The second kappa shape index (κ2) is 10.0. The van der Waals surface area contributed by atoms with Gasteiger partial charge < -0.3 is 0 Å². The van der Waals surface area contributed by atoms with Crippen LogP contribution in [0.15, 0.2) is 79.9 Å². The van der Waals surface area contributed by atoms with E-state index >= 15 is 0 Å². The van der Waals surface area contributed by atoms with Crippen molar-refractivity contribution >= 4 is 11.4 Å². The first-order valence-corrected chi connectivity index (χ1v) is 12.5. The first-order chi connectivity index (χ1) is 17.9. The van der Waals surface area contributed by atoms with Gasteiger partial charge in [0.2, 0.25) is 0 Å². The van der Waals surface area contributed by atoms with Crippen LogP contribution in [0.4, 0.5) is 4.39 Å². The number of nitriles is 1. The van der Waals surface area contributed by atoms with Gasteiger partial charge in [0.15, 0.2) is 11.6 Å². The predicted octanol–water partition coefficient (Wildman–Crippen LogP) is 6.65. The number of hydrogen-bond acceptors (Lipinski definition) is 5. The molecule has 0 aliphatic heterocycles. The Morgan fingerprint density at radius 1 is 1.19 bits per heavy atom. The van der Waals surface area contributed by atoms with Gasteiger partial charge in [0.25, 0.3) is 0 Å². The molecule has 184 valence electrons. The molecule has 3 aromatic rings. The minimum absolute atomic E-state index is 0.00609. The summed E-state index contributed by atoms with van der Waals surface area (Å²) in [5.41, 5.74) is 4.99. The summed E-state index contributed by atoms with van der Waals surface area (Å²) in [6.45, 7) is 9.22. The molecule has 5 rings (SSSR count). The quantitative estimate of drug-likeness (QED) is 0.374. The number of carbonyl (C=O) groups is 1. The Morgan fingerprint density at radius 2 is 1.97 bits per heavy atom. The minimum Gasteiger partial charge on any atom is -0.298 e. The van der Waals surface area contributed by atoms with E-state index < -0.39 is 11.7 Å². The van der Waals surface area contributed by atoms with Crippen LogP contribution in [-0.2, 0) is 11.2 Å². The summed E-state index contributed by atoms with van der Waals surface area (Å²) in [6.07, 6.45) is 8.34. The summed E-state index contributed by atoms with van der Waals surface area (Å²) in [4.78, 5) is 27.1. The molecule has 4 unspecified atom stereocenters. The summed E-state index contributed by atoms with van der Waals surface area (Å²) >= 11 is 0. The highest BCUT2D eigenvalue weighted by molar-refractivity contribution is 5.87. The van der Waals surface area contributed by atoms with Crippen LogP contribution in [0.25, 0.3) is 28.1 Å². The van der Waals surface area contributed by atoms with Gasteiger partial charge in [-0.3, -0.25) is 9.78 Å². The fourth-order valence-electron chi connectivity index (χ4n) is 5.87. The van der Waals surface area contributed by atoms with E-state index in [1.165, 1.54) is 6.08 Å². The molecule has 1 fully saturated rings. The molecule has 1 aromatic carbocycles. The summed E-state index contributed by atoms with van der Waals surface area (Å²) in [6, 6.07) is 13.9. The number of aromatic nitrogens is 3. The van der Waals surface area contributed by atoms with Gasteiger partial charge in [-0.25, -0.2) is 14.4 Å². The molecule has 0 saturated heterocycles. The van der Waals surface area contributed by atoms with E-state index in [2.05, 4.69) is 24.2 Å². The zero-order valence-corrected chi connectivity index (χ0v) is 20.7. The van der Waals surface area contributed by atoms with Gasteiger partial charge >= 0.3 is 0 Å². The highest BCUT2D eigenvalue weighted by Crippen LogP contribution is 2.49. The number of allylic oxidation sites excluding steroid dienone is 4. The molecule has 2 aliphatic carbocycles. The van der Waals surface area contributed by atoms with E-state index in [1.807, 2.05) is 43.3 Å². The van der Waals surface area contributed by atoms with Crippen LogP contribution >= 0.6 is 0 Å². The van der Waals surface area contributed by atoms with Gasteiger partial charge in [-0.1, -0.05) is 62.6 Å². The Hall–Kier alpha value is -4.24. The largest absolute Gasteiger partial charge is 0.298 e. The molecule has 5 nitrogen and oxygen atoms in total. The second-order valence-corrected chi connectivity index (χ2v) is 9.69. The molecule has 0 N–H and O–H groups in total. The molecule has 2 aliphatic rings. The van der Waals surface area contributed by atoms with Crippen LogP contribution in [0.2, 0.25) is 0 Å². The van der Waals surface area contributed by atoms with Gasteiger partial charge in [0.05, 0.1) is 17.5 Å². The number of Topliss-reactive ketones (excluding diaryl/α,β-unsaturated/α-hetero) is 1. The average molecular weight is 491 g/mol. The summed E-state index contributed by atoms with van der Waals surface area (Å²) in [7, 11) is 0. The van der Waals surface area contributed by atoms with E-state index in [1.54, 1.807) is 18.5 Å². The lowest BCUT2D eigenvalue weighted by Crippen LogP contribution is -2.40. The predicted molar refractivity (Wildman–Crippen MR) is 142 cm³/mol. The molecule has 4 atom stereocenters. The lowest BCUT2D eigenvalue weighted by molar-refractivity contribution is -0.129. The lowest BCUT2D eigenvalue weighted by atomic mass is 9.62. The Bertz CT molecular complexity index is 1470. The fraction of sp³-hybridized carbons (Fsp3) is 0.258. The second-order valence-electron chi connectivity index (χ2n) is 9.69. The smallest absolute Gasteiger partial charge is 0.160 e. The van der Waals surface area contributed by atoms with Gasteiger partial charge in [-0.05, 0) is 36.8 Å². The van der Waals surface area contributed by atoms with Crippen molar-refractivity contribution in [1.29, 1.82) is 5.26 Å². The highest BCUT2D eigenvalue weighted by atomic mass is 19.1. The number of benzene rings is 1. The Kier molecular flexibility index (Phi) is 6.62. The summed E-state index contributed by atoms with van der Waals surface area (Å²) in [5, 5.41) is 9.71. The van der Waals surface area contributed by atoms with Crippen molar-refractivity contribution in [3.8, 4) is 28.6 Å². The summed E-state index contributed by atoms with van der Waals surface area (Å²) in [5.74, 6) is -1.08. The Morgan fingerprint density at radius 3 is 2.68 bits per heavy atom. The molecule has 0 bridgehead atoms. The molecule has 2 heterocycles. The van der Waals surface area contributed by atoms with Crippen LogP contribution in [0.5, 0.6) is 0 Å². The number of fused-ring (bicyclic) bond motifs is 3. The number of pyridine rings is 1. The van der Waals surface area contributed by atoms with Crippen molar-refractivity contribution in [3.63, 3.8) is 0 Å². The number of nitrogens with zero attached hydrogens (tertiary/aromatic N) is 4. The maximum Gasteiger partial charge on any atom is 0.160 e. The third-order valence-electron chi connectivity index (χ3n) is 7.69. The molecule has 6 heteroatoms. The zero-order chi connectivity index (χ0) is 26.1. The molecule has 0 amide bonds. The van der Waals surface area contributed by atoms with E-state index in [-0.39, 0.29) is 29.1 Å². The molecule has 2 aromatic heterocycles. The first kappa shape index (κ1) is 24.5. The van der Waals surface area contributed by atoms with E-state index in [0.29, 0.717) is 24.4 Å². The van der Waals surface area contributed by atoms with Gasteiger partial charge in [-0.15, -0.1) is 0 Å². The maximum absolute atomic E-state index is 14.8. The van der Waals surface area contributed by atoms with Gasteiger partial charge in [0.1, 0.15) is 11.7 Å². The molecule has 0 radical (unpaired) electrons. The van der Waals surface area contributed by atoms with Crippen LogP contribution in [0, 0.1) is 29.1 Å². The van der Waals surface area contributed by atoms with Crippen molar-refractivity contribution in [1.82, 2.24) is 15.0 Å². The van der Waals surface area contributed by atoms with Crippen molar-refractivity contribution < 1.29 is 9.18 Å². The lowest BCUT2D eigenvalue weighted by Gasteiger charge is -2.41. The van der Waals surface area contributed by atoms with Gasteiger partial charge in [-0.2, -0.15) is 5.26 Å². The van der Waals surface area contributed by atoms with E-state index in [9.17, 15) is 14.4 Å². The van der Waals surface area contributed by atoms with Crippen molar-refractivity contribution in [2.24, 2.45) is 17.8 Å². The summed E-state index contributed by atoms with van der Waals surface area (Å²) < 4.78 is 14.8. The fourth-order valence-corrected chi connectivity index (χ4v) is 5.87. The van der Waals surface area contributed by atoms with E-state index in [4.69, 9.17) is 9.97 Å². The van der Waals surface area contributed by atoms with Crippen molar-refractivity contribution in [2.75, 3.05) is 0 Å². The van der Waals surface area contributed by atoms with Gasteiger partial charge in [0, 0.05) is 46.5 Å². The minimum atomic E-state index is -0.677. The maximum atomic E-state index is 14.8. The number of rotatable bonds is 5. The Labute approximate surface area is 216 Å². The SMILES string of the molecule is C=C/C=C(\C(=C)F)c1nc(-c2ccncc2-c2ccccc2)nc2c1CCC1C(C)C(=O)C(C#N)CC21. The average Bonchev–Trinajstić information content (AvgIpc) is 2.93.